The van der Waals surface area contributed by atoms with Crippen LogP contribution in [0.2, 0.25) is 5.02 Å². The number of hydrogen-bond acceptors (Lipinski definition) is 6. The van der Waals surface area contributed by atoms with E-state index >= 15 is 0 Å². The predicted octanol–water partition coefficient (Wildman–Crippen LogP) is 4.16. The van der Waals surface area contributed by atoms with Crippen LogP contribution in [-0.4, -0.2) is 83.9 Å². The van der Waals surface area contributed by atoms with Crippen molar-refractivity contribution in [3.63, 3.8) is 0 Å². The minimum atomic E-state index is -0.108. The standard InChI is InChI=1S/C28H36ClN5O5/c1-31(2)25(36)19-33-18-22(29)26-20(10-11-30-27(26)33)17-32-12-7-13-34(28(32)37)21-8-9-23(38-3)24(16-21)39-15-6-4-5-14-35/h8-11,16,18,35H,4-7,12-15,17,19H2,1-3H3. The maximum atomic E-state index is 13.6. The highest BCUT2D eigenvalue weighted by atomic mass is 35.5. The number of aromatic nitrogens is 2. The van der Waals surface area contributed by atoms with Crippen molar-refractivity contribution in [3.8, 4) is 11.5 Å². The maximum Gasteiger partial charge on any atom is 0.324 e. The summed E-state index contributed by atoms with van der Waals surface area (Å²) >= 11 is 6.60. The fraction of sp³-hybridized carbons (Fsp3) is 0.464. The van der Waals surface area contributed by atoms with E-state index in [9.17, 15) is 9.59 Å². The van der Waals surface area contributed by atoms with Crippen LogP contribution in [0.4, 0.5) is 10.5 Å². The van der Waals surface area contributed by atoms with Gasteiger partial charge in [0.05, 0.1) is 18.7 Å². The van der Waals surface area contributed by atoms with E-state index in [-0.39, 0.29) is 25.1 Å². The van der Waals surface area contributed by atoms with Crippen molar-refractivity contribution in [2.75, 3.05) is 52.4 Å². The van der Waals surface area contributed by atoms with Crippen molar-refractivity contribution >= 4 is 40.3 Å². The van der Waals surface area contributed by atoms with Crippen molar-refractivity contribution in [3.05, 3.63) is 47.2 Å². The quantitative estimate of drug-likeness (QED) is 0.336. The number of amides is 3. The number of nitrogens with zero attached hydrogens (tertiary/aromatic N) is 5. The predicted molar refractivity (Wildman–Crippen MR) is 151 cm³/mol. The highest BCUT2D eigenvalue weighted by Crippen LogP contribution is 2.34. The van der Waals surface area contributed by atoms with Crippen LogP contribution in [0.3, 0.4) is 0 Å². The molecule has 0 unspecified atom stereocenters. The van der Waals surface area contributed by atoms with E-state index in [1.165, 1.54) is 4.90 Å². The lowest BCUT2D eigenvalue weighted by atomic mass is 10.1. The lowest BCUT2D eigenvalue weighted by Gasteiger charge is -2.36. The highest BCUT2D eigenvalue weighted by molar-refractivity contribution is 6.35. The summed E-state index contributed by atoms with van der Waals surface area (Å²) in [4.78, 5) is 35.5. The van der Waals surface area contributed by atoms with Crippen molar-refractivity contribution < 1.29 is 24.2 Å². The van der Waals surface area contributed by atoms with Gasteiger partial charge in [-0.05, 0) is 49.4 Å². The van der Waals surface area contributed by atoms with Gasteiger partial charge in [-0.2, -0.15) is 0 Å². The summed E-state index contributed by atoms with van der Waals surface area (Å²) in [6.07, 6.45) is 6.64. The first-order chi connectivity index (χ1) is 18.8. The summed E-state index contributed by atoms with van der Waals surface area (Å²) in [5.74, 6) is 1.12. The van der Waals surface area contributed by atoms with Gasteiger partial charge in [-0.1, -0.05) is 11.6 Å². The van der Waals surface area contributed by atoms with Crippen LogP contribution in [0.1, 0.15) is 31.2 Å². The van der Waals surface area contributed by atoms with Gasteiger partial charge in [0.25, 0.3) is 0 Å². The highest BCUT2D eigenvalue weighted by Gasteiger charge is 2.28. The number of rotatable bonds is 12. The van der Waals surface area contributed by atoms with Gasteiger partial charge in [0.15, 0.2) is 11.5 Å². The Labute approximate surface area is 233 Å². The molecule has 1 aliphatic rings. The van der Waals surface area contributed by atoms with Crippen LogP contribution in [0.25, 0.3) is 11.0 Å². The third-order valence-corrected chi connectivity index (χ3v) is 7.08. The molecule has 3 heterocycles. The zero-order valence-corrected chi connectivity index (χ0v) is 23.5. The molecule has 210 valence electrons. The molecule has 0 radical (unpaired) electrons. The molecule has 3 aromatic rings. The number of halogens is 1. The molecule has 1 aliphatic heterocycles. The molecular weight excluding hydrogens is 522 g/mol. The van der Waals surface area contributed by atoms with E-state index in [0.29, 0.717) is 48.4 Å². The SMILES string of the molecule is COc1ccc(N2CCCN(Cc3ccnc4c3c(Cl)cn4CC(=O)N(C)C)C2=O)cc1OCCCCCO. The molecule has 0 atom stereocenters. The summed E-state index contributed by atoms with van der Waals surface area (Å²) in [6, 6.07) is 7.28. The number of likely N-dealkylation sites (N-methyl/N-ethyl adjacent to an activating group) is 1. The number of benzene rings is 1. The second kappa shape index (κ2) is 13.0. The van der Waals surface area contributed by atoms with Crippen LogP contribution in [0.5, 0.6) is 11.5 Å². The molecule has 0 saturated carbocycles. The number of pyridine rings is 1. The first kappa shape index (κ1) is 28.5. The Hall–Kier alpha value is -3.50. The minimum absolute atomic E-state index is 0.0642. The van der Waals surface area contributed by atoms with Gasteiger partial charge >= 0.3 is 6.03 Å². The maximum absolute atomic E-state index is 13.6. The molecule has 0 aliphatic carbocycles. The fourth-order valence-electron chi connectivity index (χ4n) is 4.66. The van der Waals surface area contributed by atoms with Crippen molar-refractivity contribution in [1.82, 2.24) is 19.4 Å². The molecule has 39 heavy (non-hydrogen) atoms. The monoisotopic (exact) mass is 557 g/mol. The van der Waals surface area contributed by atoms with E-state index in [4.69, 9.17) is 26.2 Å². The van der Waals surface area contributed by atoms with Crippen molar-refractivity contribution in [2.24, 2.45) is 0 Å². The van der Waals surface area contributed by atoms with Gasteiger partial charge in [-0.15, -0.1) is 0 Å². The summed E-state index contributed by atoms with van der Waals surface area (Å²) in [7, 11) is 5.00. The van der Waals surface area contributed by atoms with Crippen LogP contribution in [0.15, 0.2) is 36.7 Å². The number of methoxy groups -OCH3 is 1. The van der Waals surface area contributed by atoms with E-state index in [1.807, 2.05) is 24.3 Å². The van der Waals surface area contributed by atoms with Gasteiger partial charge in [0.2, 0.25) is 5.91 Å². The van der Waals surface area contributed by atoms with Crippen molar-refractivity contribution in [1.29, 1.82) is 0 Å². The number of fused-ring (bicyclic) bond motifs is 1. The summed E-state index contributed by atoms with van der Waals surface area (Å²) in [5.41, 5.74) is 2.23. The largest absolute Gasteiger partial charge is 0.493 e. The Morgan fingerprint density at radius 3 is 2.72 bits per heavy atom. The normalized spacial score (nSPS) is 13.7. The van der Waals surface area contributed by atoms with Gasteiger partial charge in [-0.25, -0.2) is 9.78 Å². The molecule has 0 spiro atoms. The molecule has 2 aromatic heterocycles. The molecule has 4 rings (SSSR count). The number of urea groups is 1. The molecule has 1 N–H and O–H groups in total. The minimum Gasteiger partial charge on any atom is -0.493 e. The zero-order chi connectivity index (χ0) is 27.9. The molecule has 10 nitrogen and oxygen atoms in total. The molecule has 3 amide bonds. The number of hydrogen-bond donors (Lipinski definition) is 1. The number of anilines is 1. The smallest absolute Gasteiger partial charge is 0.324 e. The number of aliphatic hydroxyl groups excluding tert-OH is 1. The van der Waals surface area contributed by atoms with Crippen LogP contribution in [-0.2, 0) is 17.9 Å². The third-order valence-electron chi connectivity index (χ3n) is 6.79. The van der Waals surface area contributed by atoms with Crippen LogP contribution >= 0.6 is 11.6 Å². The second-order valence-corrected chi connectivity index (χ2v) is 10.1. The summed E-state index contributed by atoms with van der Waals surface area (Å²) < 4.78 is 13.2. The van der Waals surface area contributed by atoms with E-state index in [1.54, 1.807) is 48.0 Å². The molecule has 1 saturated heterocycles. The van der Waals surface area contributed by atoms with E-state index in [2.05, 4.69) is 4.98 Å². The average Bonchev–Trinajstić information content (AvgIpc) is 3.25. The number of aliphatic hydroxyl groups is 1. The van der Waals surface area contributed by atoms with Gasteiger partial charge in [-0.3, -0.25) is 9.69 Å². The fourth-order valence-corrected chi connectivity index (χ4v) is 4.99. The zero-order valence-electron chi connectivity index (χ0n) is 22.7. The average molecular weight is 558 g/mol. The Balaban J connectivity index is 1.52. The van der Waals surface area contributed by atoms with Gasteiger partial charge in [0.1, 0.15) is 12.2 Å². The Kier molecular flexibility index (Phi) is 9.53. The number of unbranched alkanes of at least 4 members (excludes halogenated alkanes) is 2. The molecule has 11 heteroatoms. The summed E-state index contributed by atoms with van der Waals surface area (Å²) in [5, 5.41) is 10.2. The summed E-state index contributed by atoms with van der Waals surface area (Å²) in [6.45, 7) is 2.37. The lowest BCUT2D eigenvalue weighted by molar-refractivity contribution is -0.129. The Morgan fingerprint density at radius 2 is 1.97 bits per heavy atom. The first-order valence-electron chi connectivity index (χ1n) is 13.1. The topological polar surface area (TPSA) is 100 Å². The van der Waals surface area contributed by atoms with E-state index < -0.39 is 0 Å². The number of carbonyl (C=O) groups is 2. The molecular formula is C28H36ClN5O5. The Bertz CT molecular complexity index is 1310. The number of carbonyl (C=O) groups excluding carboxylic acids is 2. The molecule has 1 fully saturated rings. The third kappa shape index (κ3) is 6.57. The first-order valence-corrected chi connectivity index (χ1v) is 13.5. The Morgan fingerprint density at radius 1 is 1.15 bits per heavy atom. The molecule has 1 aromatic carbocycles. The van der Waals surface area contributed by atoms with Gasteiger partial charge < -0.3 is 28.9 Å². The van der Waals surface area contributed by atoms with Crippen LogP contribution < -0.4 is 14.4 Å². The van der Waals surface area contributed by atoms with Crippen LogP contribution in [0, 0.1) is 0 Å². The number of ether oxygens (including phenoxy) is 2. The van der Waals surface area contributed by atoms with Crippen molar-refractivity contribution in [2.45, 2.75) is 38.8 Å². The van der Waals surface area contributed by atoms with Gasteiger partial charge in [0, 0.05) is 69.9 Å². The second-order valence-electron chi connectivity index (χ2n) is 9.74. The van der Waals surface area contributed by atoms with E-state index in [0.717, 1.165) is 42.3 Å². The molecule has 0 bridgehead atoms. The lowest BCUT2D eigenvalue weighted by Crippen LogP contribution is -2.49.